The van der Waals surface area contributed by atoms with Gasteiger partial charge in [-0.05, 0) is 48.6 Å². The number of rotatable bonds is 1. The topological polar surface area (TPSA) is 61.4 Å². The van der Waals surface area contributed by atoms with Crippen molar-refractivity contribution >= 4 is 17.7 Å². The van der Waals surface area contributed by atoms with Crippen LogP contribution in [0.2, 0.25) is 5.02 Å². The van der Waals surface area contributed by atoms with E-state index in [9.17, 15) is 4.79 Å². The highest BCUT2D eigenvalue weighted by molar-refractivity contribution is 6.30. The van der Waals surface area contributed by atoms with Gasteiger partial charge in [0.2, 0.25) is 0 Å². The highest BCUT2D eigenvalue weighted by atomic mass is 35.5. The molecule has 1 fully saturated rings. The Morgan fingerprint density at radius 2 is 2.20 bits per heavy atom. The molecule has 20 heavy (non-hydrogen) atoms. The van der Waals surface area contributed by atoms with Crippen molar-refractivity contribution in [1.82, 2.24) is 10.6 Å². The van der Waals surface area contributed by atoms with Gasteiger partial charge in [0.05, 0.1) is 0 Å². The molecule has 5 heteroatoms. The third-order valence-corrected chi connectivity index (χ3v) is 4.41. The van der Waals surface area contributed by atoms with Crippen LogP contribution in [-0.2, 0) is 0 Å². The molecule has 1 aliphatic heterocycles. The van der Waals surface area contributed by atoms with Gasteiger partial charge in [0.1, 0.15) is 0 Å². The molecule has 0 aromatic heterocycles. The van der Waals surface area contributed by atoms with Crippen molar-refractivity contribution in [2.45, 2.75) is 25.7 Å². The lowest BCUT2D eigenvalue weighted by Gasteiger charge is -2.12. The third kappa shape index (κ3) is 3.07. The van der Waals surface area contributed by atoms with Crippen molar-refractivity contribution < 1.29 is 9.90 Å². The molecule has 110 valence electrons. The molecule has 1 aromatic carbocycles. The molecule has 0 radical (unpaired) electrons. The number of halogens is 1. The van der Waals surface area contributed by atoms with Gasteiger partial charge in [-0.1, -0.05) is 24.6 Å². The number of hydrogen-bond donors (Lipinski definition) is 3. The molecule has 0 saturated carbocycles. The number of fused-ring (bicyclic) bond motifs is 3. The molecule has 1 heterocycles. The van der Waals surface area contributed by atoms with Crippen molar-refractivity contribution in [2.24, 2.45) is 5.92 Å². The molecule has 1 saturated heterocycles. The van der Waals surface area contributed by atoms with Crippen LogP contribution in [0.1, 0.15) is 36.8 Å². The molecule has 1 aliphatic carbocycles. The summed E-state index contributed by atoms with van der Waals surface area (Å²) in [6.07, 6.45) is -0.961. The Hall–Kier alpha value is -1.26. The van der Waals surface area contributed by atoms with Gasteiger partial charge in [0, 0.05) is 24.0 Å². The monoisotopic (exact) mass is 296 g/mol. The van der Waals surface area contributed by atoms with Gasteiger partial charge in [-0.2, -0.15) is 0 Å². The first-order valence-corrected chi connectivity index (χ1v) is 7.39. The molecule has 3 N–H and O–H groups in total. The highest BCUT2D eigenvalue weighted by Crippen LogP contribution is 2.48. The SMILES string of the molecule is CC1c2cc(Cl)ccc2C2CNCC12.CCNC(=O)O. The summed E-state index contributed by atoms with van der Waals surface area (Å²) in [5.74, 6) is 2.20. The van der Waals surface area contributed by atoms with Gasteiger partial charge in [-0.3, -0.25) is 0 Å². The molecule has 3 rings (SSSR count). The highest BCUT2D eigenvalue weighted by Gasteiger charge is 2.40. The average Bonchev–Trinajstić information content (AvgIpc) is 2.95. The maximum atomic E-state index is 9.49. The Morgan fingerprint density at radius 1 is 1.45 bits per heavy atom. The second kappa shape index (κ2) is 6.46. The Kier molecular flexibility index (Phi) is 4.89. The lowest BCUT2D eigenvalue weighted by Crippen LogP contribution is -2.19. The number of nitrogens with one attached hydrogen (secondary N) is 2. The Balaban J connectivity index is 0.000000212. The standard InChI is InChI=1S/C12H14ClN.C3H7NO2/c1-7-10-4-8(13)2-3-9(10)12-6-14-5-11(7)12;1-2-4-3(5)6/h2-4,7,11-12,14H,5-6H2,1H3;4H,2H2,1H3,(H,5,6). The van der Waals surface area contributed by atoms with E-state index in [1.165, 1.54) is 11.1 Å². The van der Waals surface area contributed by atoms with Crippen molar-refractivity contribution in [3.63, 3.8) is 0 Å². The summed E-state index contributed by atoms with van der Waals surface area (Å²) in [5.41, 5.74) is 3.01. The average molecular weight is 297 g/mol. The Bertz CT molecular complexity index is 493. The molecule has 1 amide bonds. The molecule has 1 aromatic rings. The minimum Gasteiger partial charge on any atom is -0.465 e. The predicted octanol–water partition coefficient (Wildman–Crippen LogP) is 3.03. The fraction of sp³-hybridized carbons (Fsp3) is 0.533. The van der Waals surface area contributed by atoms with Crippen molar-refractivity contribution in [3.8, 4) is 0 Å². The second-order valence-electron chi connectivity index (χ2n) is 5.33. The Labute approximate surface area is 124 Å². The first-order valence-electron chi connectivity index (χ1n) is 7.01. The first-order chi connectivity index (χ1) is 9.54. The lowest BCUT2D eigenvalue weighted by atomic mass is 9.91. The van der Waals surface area contributed by atoms with E-state index in [4.69, 9.17) is 16.7 Å². The summed E-state index contributed by atoms with van der Waals surface area (Å²) in [4.78, 5) is 9.49. The summed E-state index contributed by atoms with van der Waals surface area (Å²) in [5, 5.41) is 14.3. The molecule has 3 unspecified atom stereocenters. The van der Waals surface area contributed by atoms with E-state index >= 15 is 0 Å². The first kappa shape index (κ1) is 15.1. The zero-order valence-corrected chi connectivity index (χ0v) is 12.6. The van der Waals surface area contributed by atoms with E-state index in [-0.39, 0.29) is 0 Å². The number of carboxylic acid groups (broad SMARTS) is 1. The number of carbonyl (C=O) groups is 1. The summed E-state index contributed by atoms with van der Waals surface area (Å²) >= 11 is 6.03. The van der Waals surface area contributed by atoms with Gasteiger partial charge >= 0.3 is 6.09 Å². The maximum Gasteiger partial charge on any atom is 0.404 e. The van der Waals surface area contributed by atoms with E-state index < -0.39 is 6.09 Å². The molecule has 0 bridgehead atoms. The summed E-state index contributed by atoms with van der Waals surface area (Å²) in [6, 6.07) is 6.39. The van der Waals surface area contributed by atoms with E-state index in [0.29, 0.717) is 12.5 Å². The maximum absolute atomic E-state index is 9.49. The molecule has 3 atom stereocenters. The minimum atomic E-state index is -0.961. The van der Waals surface area contributed by atoms with Crippen LogP contribution in [0.15, 0.2) is 18.2 Å². The molecule has 2 aliphatic rings. The molecular formula is C15H21ClN2O2. The van der Waals surface area contributed by atoms with Crippen LogP contribution in [0.25, 0.3) is 0 Å². The van der Waals surface area contributed by atoms with Gasteiger partial charge in [0.25, 0.3) is 0 Å². The fourth-order valence-corrected chi connectivity index (χ4v) is 3.40. The van der Waals surface area contributed by atoms with Crippen LogP contribution in [0.3, 0.4) is 0 Å². The molecular weight excluding hydrogens is 276 g/mol. The van der Waals surface area contributed by atoms with Crippen LogP contribution in [-0.4, -0.2) is 30.8 Å². The number of amides is 1. The van der Waals surface area contributed by atoms with Crippen LogP contribution in [0.5, 0.6) is 0 Å². The van der Waals surface area contributed by atoms with Crippen LogP contribution in [0.4, 0.5) is 4.79 Å². The molecule has 0 spiro atoms. The van der Waals surface area contributed by atoms with Crippen LogP contribution < -0.4 is 10.6 Å². The lowest BCUT2D eigenvalue weighted by molar-refractivity contribution is 0.195. The van der Waals surface area contributed by atoms with Crippen molar-refractivity contribution in [1.29, 1.82) is 0 Å². The molecule has 4 nitrogen and oxygen atoms in total. The van der Waals surface area contributed by atoms with Gasteiger partial charge in [-0.25, -0.2) is 4.79 Å². The van der Waals surface area contributed by atoms with E-state index in [1.54, 1.807) is 6.92 Å². The van der Waals surface area contributed by atoms with Crippen LogP contribution >= 0.6 is 11.6 Å². The predicted molar refractivity (Wildman–Crippen MR) is 80.7 cm³/mol. The normalized spacial score (nSPS) is 26.2. The smallest absolute Gasteiger partial charge is 0.404 e. The Morgan fingerprint density at radius 3 is 2.80 bits per heavy atom. The van der Waals surface area contributed by atoms with Gasteiger partial charge in [-0.15, -0.1) is 0 Å². The zero-order valence-electron chi connectivity index (χ0n) is 11.8. The fourth-order valence-electron chi connectivity index (χ4n) is 3.22. The zero-order chi connectivity index (χ0) is 14.7. The summed E-state index contributed by atoms with van der Waals surface area (Å²) < 4.78 is 0. The van der Waals surface area contributed by atoms with E-state index in [2.05, 4.69) is 29.7 Å². The quantitative estimate of drug-likeness (QED) is 0.746. The van der Waals surface area contributed by atoms with Gasteiger partial charge in [0.15, 0.2) is 0 Å². The second-order valence-corrected chi connectivity index (χ2v) is 5.76. The number of benzene rings is 1. The largest absolute Gasteiger partial charge is 0.465 e. The minimum absolute atomic E-state index is 0.481. The van der Waals surface area contributed by atoms with Crippen molar-refractivity contribution in [3.05, 3.63) is 34.3 Å². The third-order valence-electron chi connectivity index (χ3n) is 4.17. The van der Waals surface area contributed by atoms with Crippen molar-refractivity contribution in [2.75, 3.05) is 19.6 Å². The summed E-state index contributed by atoms with van der Waals surface area (Å²) in [6.45, 7) is 6.85. The number of hydrogen-bond acceptors (Lipinski definition) is 2. The van der Waals surface area contributed by atoms with E-state index in [0.717, 1.165) is 29.9 Å². The van der Waals surface area contributed by atoms with Gasteiger partial charge < -0.3 is 15.7 Å². The van der Waals surface area contributed by atoms with E-state index in [1.807, 2.05) is 6.07 Å². The van der Waals surface area contributed by atoms with Crippen LogP contribution in [0, 0.1) is 5.92 Å². The summed E-state index contributed by atoms with van der Waals surface area (Å²) in [7, 11) is 0.